The Labute approximate surface area is 147 Å². The minimum absolute atomic E-state index is 0.0455. The molecule has 2 aliphatic heterocycles. The zero-order valence-electron chi connectivity index (χ0n) is 16.0. The summed E-state index contributed by atoms with van der Waals surface area (Å²) < 4.78 is 19.2. The lowest BCUT2D eigenvalue weighted by atomic mass is 9.93. The smallest absolute Gasteiger partial charge is 0.192 e. The van der Waals surface area contributed by atoms with E-state index in [-0.39, 0.29) is 17.2 Å². The minimum atomic E-state index is -1.83. The van der Waals surface area contributed by atoms with E-state index in [1.807, 2.05) is 0 Å². The second kappa shape index (κ2) is 6.24. The van der Waals surface area contributed by atoms with Crippen molar-refractivity contribution in [2.75, 3.05) is 6.61 Å². The number of hydrogen-bond acceptors (Lipinski definition) is 3. The van der Waals surface area contributed by atoms with Crippen LogP contribution < -0.4 is 0 Å². The molecule has 2 saturated heterocycles. The van der Waals surface area contributed by atoms with Crippen LogP contribution in [0.4, 0.5) is 0 Å². The van der Waals surface area contributed by atoms with Crippen molar-refractivity contribution in [2.45, 2.75) is 76.7 Å². The molecular formula is C20H32O3Si. The molecule has 0 aliphatic carbocycles. The van der Waals surface area contributed by atoms with Gasteiger partial charge in [-0.2, -0.15) is 0 Å². The normalized spacial score (nSPS) is 33.7. The first-order valence-corrected chi connectivity index (χ1v) is 12.0. The summed E-state index contributed by atoms with van der Waals surface area (Å²) in [6, 6.07) is 10.6. The summed E-state index contributed by atoms with van der Waals surface area (Å²) in [4.78, 5) is 0. The molecule has 0 aromatic heterocycles. The van der Waals surface area contributed by atoms with Gasteiger partial charge in [0.1, 0.15) is 6.10 Å². The monoisotopic (exact) mass is 348 g/mol. The molecular weight excluding hydrogens is 316 g/mol. The topological polar surface area (TPSA) is 27.7 Å². The fourth-order valence-electron chi connectivity index (χ4n) is 3.44. The molecule has 0 saturated carbocycles. The highest BCUT2D eigenvalue weighted by Crippen LogP contribution is 2.46. The standard InChI is InChI=1S/C20H32O3Si/c1-19(2,3)24(5,6)23-18-13-17-16(14-21-20(18,4)22-17)12-15-10-8-7-9-11-15/h7-11,16-18H,12-14H2,1-6H3/t16-,17-,18-,20+/m1/s1. The van der Waals surface area contributed by atoms with Gasteiger partial charge >= 0.3 is 0 Å². The van der Waals surface area contributed by atoms with Crippen LogP contribution in [0, 0.1) is 5.92 Å². The van der Waals surface area contributed by atoms with Crippen molar-refractivity contribution in [1.29, 1.82) is 0 Å². The second-order valence-electron chi connectivity index (χ2n) is 9.04. The summed E-state index contributed by atoms with van der Waals surface area (Å²) in [7, 11) is -1.83. The molecule has 2 bridgehead atoms. The summed E-state index contributed by atoms with van der Waals surface area (Å²) >= 11 is 0. The summed E-state index contributed by atoms with van der Waals surface area (Å²) in [5.41, 5.74) is 1.35. The Morgan fingerprint density at radius 2 is 1.88 bits per heavy atom. The highest BCUT2D eigenvalue weighted by molar-refractivity contribution is 6.74. The Bertz CT molecular complexity index is 566. The van der Waals surface area contributed by atoms with Gasteiger partial charge in [0.2, 0.25) is 0 Å². The first kappa shape index (κ1) is 18.1. The van der Waals surface area contributed by atoms with Gasteiger partial charge < -0.3 is 13.9 Å². The zero-order valence-corrected chi connectivity index (χ0v) is 17.0. The fourth-order valence-corrected chi connectivity index (χ4v) is 4.82. The van der Waals surface area contributed by atoms with E-state index in [9.17, 15) is 0 Å². The van der Waals surface area contributed by atoms with Crippen molar-refractivity contribution in [2.24, 2.45) is 5.92 Å². The number of fused-ring (bicyclic) bond motifs is 2. The van der Waals surface area contributed by atoms with Crippen molar-refractivity contribution in [3.8, 4) is 0 Å². The van der Waals surface area contributed by atoms with Crippen LogP contribution in [0.3, 0.4) is 0 Å². The lowest BCUT2D eigenvalue weighted by Crippen LogP contribution is -2.51. The number of benzene rings is 1. The Morgan fingerprint density at radius 1 is 1.21 bits per heavy atom. The fraction of sp³-hybridized carbons (Fsp3) is 0.700. The van der Waals surface area contributed by atoms with Gasteiger partial charge in [-0.05, 0) is 37.0 Å². The molecule has 0 N–H and O–H groups in total. The van der Waals surface area contributed by atoms with Crippen LogP contribution in [0.1, 0.15) is 39.7 Å². The molecule has 134 valence electrons. The SMILES string of the molecule is CC(C)(C)[Si](C)(C)O[C@@H]1C[C@H]2O[C@]1(C)OC[C@H]2Cc1ccccc1. The van der Waals surface area contributed by atoms with Gasteiger partial charge in [-0.15, -0.1) is 0 Å². The lowest BCUT2D eigenvalue weighted by molar-refractivity contribution is -0.286. The lowest BCUT2D eigenvalue weighted by Gasteiger charge is -2.42. The molecule has 2 fully saturated rings. The third-order valence-corrected chi connectivity index (χ3v) is 10.6. The highest BCUT2D eigenvalue weighted by Gasteiger charge is 2.55. The Morgan fingerprint density at radius 3 is 2.50 bits per heavy atom. The van der Waals surface area contributed by atoms with Crippen LogP contribution in [0.2, 0.25) is 18.1 Å². The van der Waals surface area contributed by atoms with Crippen LogP contribution >= 0.6 is 0 Å². The van der Waals surface area contributed by atoms with E-state index in [2.05, 4.69) is 71.1 Å². The van der Waals surface area contributed by atoms with E-state index >= 15 is 0 Å². The van der Waals surface area contributed by atoms with Gasteiger partial charge in [-0.25, -0.2) is 0 Å². The summed E-state index contributed by atoms with van der Waals surface area (Å²) in [6.07, 6.45) is 2.23. The van der Waals surface area contributed by atoms with Crippen molar-refractivity contribution in [1.82, 2.24) is 0 Å². The van der Waals surface area contributed by atoms with Crippen LogP contribution in [-0.2, 0) is 20.3 Å². The molecule has 0 radical (unpaired) electrons. The highest BCUT2D eigenvalue weighted by atomic mass is 28.4. The number of ether oxygens (including phenoxy) is 2. The molecule has 4 heteroatoms. The molecule has 1 aromatic carbocycles. The zero-order chi connectivity index (χ0) is 17.6. The van der Waals surface area contributed by atoms with Crippen LogP contribution in [0.15, 0.2) is 30.3 Å². The molecule has 3 rings (SSSR count). The largest absolute Gasteiger partial charge is 0.408 e. The van der Waals surface area contributed by atoms with E-state index in [0.29, 0.717) is 5.92 Å². The summed E-state index contributed by atoms with van der Waals surface area (Å²) in [6.45, 7) is 14.3. The Balaban J connectivity index is 1.69. The Kier molecular flexibility index (Phi) is 4.71. The summed E-state index contributed by atoms with van der Waals surface area (Å²) in [5.74, 6) is -0.165. The maximum absolute atomic E-state index is 6.67. The van der Waals surface area contributed by atoms with Crippen LogP contribution in [0.25, 0.3) is 0 Å². The van der Waals surface area contributed by atoms with Gasteiger partial charge in [0, 0.05) is 12.3 Å². The van der Waals surface area contributed by atoms with E-state index in [1.54, 1.807) is 0 Å². The van der Waals surface area contributed by atoms with Crippen LogP contribution in [0.5, 0.6) is 0 Å². The van der Waals surface area contributed by atoms with Gasteiger partial charge in [-0.1, -0.05) is 51.1 Å². The first-order chi connectivity index (χ1) is 11.1. The molecule has 1 aromatic rings. The van der Waals surface area contributed by atoms with Gasteiger partial charge in [0.25, 0.3) is 0 Å². The number of rotatable bonds is 4. The minimum Gasteiger partial charge on any atom is -0.408 e. The van der Waals surface area contributed by atoms with Crippen molar-refractivity contribution in [3.05, 3.63) is 35.9 Å². The van der Waals surface area contributed by atoms with E-state index < -0.39 is 14.1 Å². The van der Waals surface area contributed by atoms with E-state index in [4.69, 9.17) is 13.9 Å². The third-order valence-electron chi connectivity index (χ3n) is 6.11. The summed E-state index contributed by atoms with van der Waals surface area (Å²) in [5, 5.41) is 0.198. The van der Waals surface area contributed by atoms with Gasteiger partial charge in [-0.3, -0.25) is 0 Å². The number of hydrogen-bond donors (Lipinski definition) is 0. The molecule has 4 atom stereocenters. The molecule has 2 aliphatic rings. The predicted molar refractivity (Wildman–Crippen MR) is 99.6 cm³/mol. The van der Waals surface area contributed by atoms with Crippen molar-refractivity contribution < 1.29 is 13.9 Å². The first-order valence-electron chi connectivity index (χ1n) is 9.14. The molecule has 0 unspecified atom stereocenters. The predicted octanol–water partition coefficient (Wildman–Crippen LogP) is 4.77. The molecule has 0 spiro atoms. The Hall–Kier alpha value is -0.683. The van der Waals surface area contributed by atoms with Crippen LogP contribution in [-0.4, -0.2) is 32.9 Å². The van der Waals surface area contributed by atoms with Crippen molar-refractivity contribution in [3.63, 3.8) is 0 Å². The van der Waals surface area contributed by atoms with Gasteiger partial charge in [0.15, 0.2) is 14.1 Å². The molecule has 24 heavy (non-hydrogen) atoms. The van der Waals surface area contributed by atoms with Gasteiger partial charge in [0.05, 0.1) is 12.7 Å². The molecule has 0 amide bonds. The van der Waals surface area contributed by atoms with Crippen molar-refractivity contribution >= 4 is 8.32 Å². The maximum Gasteiger partial charge on any atom is 0.192 e. The maximum atomic E-state index is 6.67. The average Bonchev–Trinajstić information content (AvgIpc) is 2.74. The average molecular weight is 349 g/mol. The molecule has 3 nitrogen and oxygen atoms in total. The molecule has 2 heterocycles. The quantitative estimate of drug-likeness (QED) is 0.734. The third kappa shape index (κ3) is 3.48. The van der Waals surface area contributed by atoms with E-state index in [1.165, 1.54) is 5.56 Å². The second-order valence-corrected chi connectivity index (χ2v) is 13.8. The van der Waals surface area contributed by atoms with E-state index in [0.717, 1.165) is 19.4 Å².